The lowest BCUT2D eigenvalue weighted by atomic mass is 9.77. The van der Waals surface area contributed by atoms with Crippen LogP contribution in [0.3, 0.4) is 0 Å². The molecule has 0 bridgehead atoms. The maximum atomic E-state index is 14.5. The molecule has 6 nitrogen and oxygen atoms in total. The fourth-order valence-electron chi connectivity index (χ4n) is 4.67. The molecule has 0 spiro atoms. The van der Waals surface area contributed by atoms with Crippen molar-refractivity contribution in [3.05, 3.63) is 101 Å². The lowest BCUT2D eigenvalue weighted by Crippen LogP contribution is -2.30. The molecular weight excluding hydrogens is 443 g/mol. The topological polar surface area (TPSA) is 95.5 Å². The Morgan fingerprint density at radius 2 is 1.79 bits per heavy atom. The van der Waals surface area contributed by atoms with E-state index in [2.05, 4.69) is 22.2 Å². The molecule has 3 aromatic carbocycles. The summed E-state index contributed by atoms with van der Waals surface area (Å²) in [5, 5.41) is 12.4. The second kappa shape index (κ2) is 8.04. The van der Waals surface area contributed by atoms with Crippen molar-refractivity contribution in [2.45, 2.75) is 23.3 Å². The van der Waals surface area contributed by atoms with E-state index in [-0.39, 0.29) is 39.8 Å². The van der Waals surface area contributed by atoms with Crippen LogP contribution in [0.5, 0.6) is 0 Å². The van der Waals surface area contributed by atoms with Crippen LogP contribution in [0.25, 0.3) is 0 Å². The fraction of sp³-hybridized carbons (Fsp3) is 0.160. The highest BCUT2D eigenvalue weighted by molar-refractivity contribution is 7.92. The van der Waals surface area contributed by atoms with E-state index in [1.165, 1.54) is 36.4 Å². The van der Waals surface area contributed by atoms with Gasteiger partial charge < -0.3 is 10.4 Å². The van der Waals surface area contributed by atoms with Gasteiger partial charge in [0.1, 0.15) is 5.82 Å². The molecule has 1 aliphatic heterocycles. The minimum Gasteiger partial charge on any atom is -0.478 e. The third kappa shape index (κ3) is 3.87. The summed E-state index contributed by atoms with van der Waals surface area (Å²) in [6, 6.07) is 16.9. The zero-order valence-electron chi connectivity index (χ0n) is 17.4. The first-order valence-electron chi connectivity index (χ1n) is 10.5. The first kappa shape index (κ1) is 21.2. The molecule has 3 aromatic rings. The van der Waals surface area contributed by atoms with Crippen molar-refractivity contribution in [2.75, 3.05) is 10.0 Å². The third-order valence-corrected chi connectivity index (χ3v) is 7.65. The minimum atomic E-state index is -3.89. The SMILES string of the molecule is O=C(O)c1ccc(NS(=O)(=O)c2ccc3c(c2)[C@H]2C=CC[C@H]2[C@H](c2ccccc2F)N3)cc1. The van der Waals surface area contributed by atoms with Gasteiger partial charge in [-0.25, -0.2) is 17.6 Å². The van der Waals surface area contributed by atoms with Crippen molar-refractivity contribution in [1.82, 2.24) is 0 Å². The number of nitrogens with one attached hydrogen (secondary N) is 2. The summed E-state index contributed by atoms with van der Waals surface area (Å²) in [6.07, 6.45) is 4.89. The predicted octanol–water partition coefficient (Wildman–Crippen LogP) is 5.15. The molecule has 5 rings (SSSR count). The molecule has 0 radical (unpaired) electrons. The molecule has 3 atom stereocenters. The van der Waals surface area contributed by atoms with E-state index in [0.29, 0.717) is 5.56 Å². The Kier molecular flexibility index (Phi) is 5.17. The highest BCUT2D eigenvalue weighted by Gasteiger charge is 2.39. The van der Waals surface area contributed by atoms with E-state index in [9.17, 15) is 17.6 Å². The van der Waals surface area contributed by atoms with E-state index < -0.39 is 16.0 Å². The summed E-state index contributed by atoms with van der Waals surface area (Å²) in [6.45, 7) is 0. The second-order valence-electron chi connectivity index (χ2n) is 8.23. The minimum absolute atomic E-state index is 0.0316. The van der Waals surface area contributed by atoms with Gasteiger partial charge in [-0.15, -0.1) is 0 Å². The third-order valence-electron chi connectivity index (χ3n) is 6.27. The van der Waals surface area contributed by atoms with Crippen molar-refractivity contribution in [3.8, 4) is 0 Å². The van der Waals surface area contributed by atoms with Gasteiger partial charge in [-0.1, -0.05) is 30.4 Å². The standard InChI is InChI=1S/C25H21FN2O4S/c26-22-7-2-1-4-20(22)24-19-6-3-5-18(19)21-14-17(12-13-23(21)27-24)33(31,32)28-16-10-8-15(9-11-16)25(29)30/h1-5,7-14,18-19,24,27-28H,6H2,(H,29,30)/t18-,19+,24+/m0/s1. The van der Waals surface area contributed by atoms with Gasteiger partial charge in [0, 0.05) is 22.9 Å². The van der Waals surface area contributed by atoms with Crippen LogP contribution in [0, 0.1) is 11.7 Å². The molecule has 0 saturated carbocycles. The Morgan fingerprint density at radius 3 is 2.52 bits per heavy atom. The Balaban J connectivity index is 1.46. The number of fused-ring (bicyclic) bond motifs is 3. The van der Waals surface area contributed by atoms with Crippen LogP contribution >= 0.6 is 0 Å². The number of hydrogen-bond donors (Lipinski definition) is 3. The van der Waals surface area contributed by atoms with Crippen molar-refractivity contribution in [3.63, 3.8) is 0 Å². The number of hydrogen-bond acceptors (Lipinski definition) is 4. The number of aromatic carboxylic acids is 1. The van der Waals surface area contributed by atoms with Crippen molar-refractivity contribution in [1.29, 1.82) is 0 Å². The van der Waals surface area contributed by atoms with Gasteiger partial charge in [0.25, 0.3) is 10.0 Å². The number of carboxylic acid groups (broad SMARTS) is 1. The highest BCUT2D eigenvalue weighted by Crippen LogP contribution is 2.50. The van der Waals surface area contributed by atoms with Gasteiger partial charge in [0.2, 0.25) is 0 Å². The molecule has 0 amide bonds. The van der Waals surface area contributed by atoms with Crippen LogP contribution in [0.15, 0.2) is 83.8 Å². The number of carbonyl (C=O) groups is 1. The predicted molar refractivity (Wildman–Crippen MR) is 123 cm³/mol. The monoisotopic (exact) mass is 464 g/mol. The Labute approximate surface area is 190 Å². The normalized spacial score (nSPS) is 21.1. The number of halogens is 1. The van der Waals surface area contributed by atoms with Crippen LogP contribution in [-0.2, 0) is 10.0 Å². The molecule has 0 saturated heterocycles. The van der Waals surface area contributed by atoms with Gasteiger partial charge in [-0.3, -0.25) is 4.72 Å². The second-order valence-corrected chi connectivity index (χ2v) is 9.92. The molecule has 0 fully saturated rings. The van der Waals surface area contributed by atoms with Crippen molar-refractivity contribution >= 4 is 27.4 Å². The van der Waals surface area contributed by atoms with E-state index >= 15 is 0 Å². The lowest BCUT2D eigenvalue weighted by molar-refractivity contribution is 0.0697. The summed E-state index contributed by atoms with van der Waals surface area (Å²) in [4.78, 5) is 11.1. The Hall–Kier alpha value is -3.65. The summed E-state index contributed by atoms with van der Waals surface area (Å²) < 4.78 is 43.1. The molecule has 0 aromatic heterocycles. The van der Waals surface area contributed by atoms with Crippen LogP contribution in [0.1, 0.15) is 39.9 Å². The largest absolute Gasteiger partial charge is 0.478 e. The summed E-state index contributed by atoms with van der Waals surface area (Å²) >= 11 is 0. The molecule has 8 heteroatoms. The number of benzene rings is 3. The first-order chi connectivity index (χ1) is 15.8. The van der Waals surface area contributed by atoms with E-state index in [4.69, 9.17) is 5.11 Å². The quantitative estimate of drug-likeness (QED) is 0.454. The van der Waals surface area contributed by atoms with Crippen LogP contribution in [0.2, 0.25) is 0 Å². The number of carboxylic acids is 1. The fourth-order valence-corrected chi connectivity index (χ4v) is 5.76. The van der Waals surface area contributed by atoms with Gasteiger partial charge in [-0.2, -0.15) is 0 Å². The zero-order chi connectivity index (χ0) is 23.2. The van der Waals surface area contributed by atoms with Crippen molar-refractivity contribution < 1.29 is 22.7 Å². The van der Waals surface area contributed by atoms with Crippen LogP contribution in [-0.4, -0.2) is 19.5 Å². The molecule has 168 valence electrons. The maximum absolute atomic E-state index is 14.5. The van der Waals surface area contributed by atoms with E-state index in [0.717, 1.165) is 17.7 Å². The highest BCUT2D eigenvalue weighted by atomic mass is 32.2. The zero-order valence-corrected chi connectivity index (χ0v) is 18.2. The molecule has 0 unspecified atom stereocenters. The summed E-state index contributed by atoms with van der Waals surface area (Å²) in [5.41, 5.74) is 2.58. The van der Waals surface area contributed by atoms with Crippen molar-refractivity contribution in [2.24, 2.45) is 5.92 Å². The van der Waals surface area contributed by atoms with E-state index in [1.807, 2.05) is 6.07 Å². The molecule has 2 aliphatic rings. The Morgan fingerprint density at radius 1 is 1.03 bits per heavy atom. The molecule has 3 N–H and O–H groups in total. The van der Waals surface area contributed by atoms with Gasteiger partial charge in [0.05, 0.1) is 16.5 Å². The number of allylic oxidation sites excluding steroid dienone is 2. The van der Waals surface area contributed by atoms with Crippen LogP contribution in [0.4, 0.5) is 15.8 Å². The summed E-state index contributed by atoms with van der Waals surface area (Å²) in [7, 11) is -3.89. The molecule has 33 heavy (non-hydrogen) atoms. The summed E-state index contributed by atoms with van der Waals surface area (Å²) in [5.74, 6) is -1.30. The molecular formula is C25H21FN2O4S. The first-order valence-corrected chi connectivity index (χ1v) is 12.0. The van der Waals surface area contributed by atoms with E-state index in [1.54, 1.807) is 24.3 Å². The van der Waals surface area contributed by atoms with Gasteiger partial charge in [-0.05, 0) is 66.4 Å². The molecule has 1 aliphatic carbocycles. The average molecular weight is 465 g/mol. The van der Waals surface area contributed by atoms with Gasteiger partial charge in [0.15, 0.2) is 0 Å². The van der Waals surface area contributed by atoms with Gasteiger partial charge >= 0.3 is 5.97 Å². The van der Waals surface area contributed by atoms with Crippen LogP contribution < -0.4 is 10.0 Å². The Bertz CT molecular complexity index is 1370. The smallest absolute Gasteiger partial charge is 0.335 e. The number of sulfonamides is 1. The average Bonchev–Trinajstić information content (AvgIpc) is 3.29. The molecule has 1 heterocycles. The number of rotatable bonds is 5. The maximum Gasteiger partial charge on any atom is 0.335 e. The lowest BCUT2D eigenvalue weighted by Gasteiger charge is -2.37. The number of anilines is 2.